The maximum absolute atomic E-state index is 13.7. The van der Waals surface area contributed by atoms with Crippen LogP contribution in [-0.2, 0) is 32.0 Å². The molecule has 0 unspecified atom stereocenters. The van der Waals surface area contributed by atoms with Gasteiger partial charge in [-0.05, 0) is 73.2 Å². The first-order valence-corrected chi connectivity index (χ1v) is 17.3. The van der Waals surface area contributed by atoms with Gasteiger partial charge in [0.25, 0.3) is 11.1 Å². The van der Waals surface area contributed by atoms with Crippen LogP contribution in [0.15, 0.2) is 67.7 Å². The molecule has 2 atom stereocenters. The van der Waals surface area contributed by atoms with Crippen LogP contribution in [0.4, 0.5) is 20.4 Å². The van der Waals surface area contributed by atoms with Crippen molar-refractivity contribution in [2.45, 2.75) is 44.8 Å². The standard InChI is InChI=1S/C19H20FN5O3.C18H20FN5O2/c1-23-17(26)8-16(24-6-2-3-13(10-24)18(22)27)25(19(23)28)11-14-7-15(20)5-4-12(14)9-21;1-22-17(25)8-16(23-6-2-3-15(21)11-23)24(18(22)26)10-13-7-14(19)5-4-12(13)9-20/h4-5,7-8,13H,2-3,6,10-11H2,1H3,(H2,22,27);4-5,7-8,15H,2-3,6,10-11,21H2,1H3/t13-;15-/m11/s1. The Morgan fingerprint density at radius 2 is 1.19 bits per heavy atom. The van der Waals surface area contributed by atoms with E-state index in [9.17, 15) is 43.3 Å². The van der Waals surface area contributed by atoms with E-state index in [0.29, 0.717) is 55.2 Å². The lowest BCUT2D eigenvalue weighted by molar-refractivity contribution is -0.122. The van der Waals surface area contributed by atoms with Gasteiger partial charge < -0.3 is 21.3 Å². The molecule has 2 fully saturated rings. The Balaban J connectivity index is 0.000000208. The second-order valence-electron chi connectivity index (χ2n) is 13.4. The van der Waals surface area contributed by atoms with Crippen LogP contribution in [0.5, 0.6) is 0 Å². The molecule has 0 aliphatic carbocycles. The average Bonchev–Trinajstić information content (AvgIpc) is 3.15. The number of hydrogen-bond acceptors (Lipinski definition) is 10. The van der Waals surface area contributed by atoms with Crippen molar-refractivity contribution in [3.05, 3.63) is 124 Å². The van der Waals surface area contributed by atoms with Crippen molar-refractivity contribution in [1.82, 2.24) is 18.3 Å². The first-order valence-electron chi connectivity index (χ1n) is 17.3. The minimum absolute atomic E-state index is 0.00528. The lowest BCUT2D eigenvalue weighted by Gasteiger charge is -2.34. The first-order chi connectivity index (χ1) is 25.7. The number of benzene rings is 2. The lowest BCUT2D eigenvalue weighted by atomic mass is 9.97. The summed E-state index contributed by atoms with van der Waals surface area (Å²) in [6.45, 7) is 1.95. The number of nitrogens with zero attached hydrogens (tertiary/aromatic N) is 8. The summed E-state index contributed by atoms with van der Waals surface area (Å²) < 4.78 is 32.0. The Bertz CT molecular complexity index is 2400. The monoisotopic (exact) mass is 742 g/mol. The third-order valence-electron chi connectivity index (χ3n) is 9.72. The van der Waals surface area contributed by atoms with Crippen LogP contribution in [0, 0.1) is 40.2 Å². The summed E-state index contributed by atoms with van der Waals surface area (Å²) in [5.74, 6) is -1.06. The van der Waals surface area contributed by atoms with E-state index in [1.54, 1.807) is 4.90 Å². The number of aromatic nitrogens is 4. The van der Waals surface area contributed by atoms with E-state index >= 15 is 0 Å². The number of carbonyl (C=O) groups is 1. The molecule has 0 radical (unpaired) electrons. The molecule has 0 saturated carbocycles. The van der Waals surface area contributed by atoms with Gasteiger partial charge in [-0.15, -0.1) is 0 Å². The molecule has 4 N–H and O–H groups in total. The van der Waals surface area contributed by atoms with Crippen molar-refractivity contribution in [3.63, 3.8) is 0 Å². The fourth-order valence-corrected chi connectivity index (χ4v) is 6.72. The molecule has 282 valence electrons. The Hall–Kier alpha value is -6.33. The van der Waals surface area contributed by atoms with E-state index in [1.807, 2.05) is 17.0 Å². The van der Waals surface area contributed by atoms with Crippen molar-refractivity contribution in [2.75, 3.05) is 36.0 Å². The van der Waals surface area contributed by atoms with Gasteiger partial charge in [-0.2, -0.15) is 10.5 Å². The van der Waals surface area contributed by atoms with Gasteiger partial charge in [0.05, 0.1) is 42.3 Å². The van der Waals surface area contributed by atoms with Crippen molar-refractivity contribution in [1.29, 1.82) is 10.5 Å². The van der Waals surface area contributed by atoms with Gasteiger partial charge in [-0.1, -0.05) is 0 Å². The summed E-state index contributed by atoms with van der Waals surface area (Å²) in [6.07, 6.45) is 3.06. The van der Waals surface area contributed by atoms with Crippen molar-refractivity contribution >= 4 is 17.5 Å². The summed E-state index contributed by atoms with van der Waals surface area (Å²) in [6, 6.07) is 14.2. The van der Waals surface area contributed by atoms with Gasteiger partial charge in [-0.25, -0.2) is 18.4 Å². The van der Waals surface area contributed by atoms with Gasteiger partial charge in [-0.3, -0.25) is 32.7 Å². The fraction of sp³-hybridized carbons (Fsp3) is 0.378. The zero-order valence-corrected chi connectivity index (χ0v) is 29.9. The molecule has 6 rings (SSSR count). The smallest absolute Gasteiger partial charge is 0.332 e. The zero-order chi connectivity index (χ0) is 39.3. The molecule has 4 heterocycles. The number of amides is 1. The highest BCUT2D eigenvalue weighted by Gasteiger charge is 2.27. The predicted octanol–water partition coefficient (Wildman–Crippen LogP) is 0.841. The summed E-state index contributed by atoms with van der Waals surface area (Å²) in [7, 11) is 2.74. The molecule has 2 aromatic carbocycles. The summed E-state index contributed by atoms with van der Waals surface area (Å²) in [5.41, 5.74) is 10.7. The number of anilines is 2. The average molecular weight is 743 g/mol. The number of halogens is 2. The third-order valence-corrected chi connectivity index (χ3v) is 9.72. The molecule has 1 amide bonds. The van der Waals surface area contributed by atoms with Crippen LogP contribution in [-0.4, -0.2) is 56.4 Å². The first kappa shape index (κ1) is 38.9. The van der Waals surface area contributed by atoms with E-state index in [-0.39, 0.29) is 42.7 Å². The van der Waals surface area contributed by atoms with E-state index in [0.717, 1.165) is 22.0 Å². The highest BCUT2D eigenvalue weighted by molar-refractivity contribution is 5.77. The number of hydrogen-bond donors (Lipinski definition) is 2. The summed E-state index contributed by atoms with van der Waals surface area (Å²) in [5, 5.41) is 18.6. The molecule has 2 saturated heterocycles. The molecule has 17 heteroatoms. The van der Waals surface area contributed by atoms with E-state index in [2.05, 4.69) is 0 Å². The maximum Gasteiger partial charge on any atom is 0.332 e. The highest BCUT2D eigenvalue weighted by Crippen LogP contribution is 2.23. The quantitative estimate of drug-likeness (QED) is 0.273. The molecule has 4 aromatic rings. The maximum atomic E-state index is 13.7. The summed E-state index contributed by atoms with van der Waals surface area (Å²) >= 11 is 0. The molecule has 2 aromatic heterocycles. The molecule has 0 bridgehead atoms. The van der Waals surface area contributed by atoms with Gasteiger partial charge in [0.15, 0.2) is 0 Å². The second kappa shape index (κ2) is 16.6. The zero-order valence-electron chi connectivity index (χ0n) is 29.9. The number of primary amides is 1. The lowest BCUT2D eigenvalue weighted by Crippen LogP contribution is -2.47. The van der Waals surface area contributed by atoms with Gasteiger partial charge in [0.2, 0.25) is 5.91 Å². The predicted molar refractivity (Wildman–Crippen MR) is 196 cm³/mol. The van der Waals surface area contributed by atoms with E-state index in [1.165, 1.54) is 71.8 Å². The van der Waals surface area contributed by atoms with Crippen molar-refractivity contribution in [3.8, 4) is 12.1 Å². The van der Waals surface area contributed by atoms with Crippen LogP contribution in [0.25, 0.3) is 0 Å². The molecule has 54 heavy (non-hydrogen) atoms. The SMILES string of the molecule is Cn1c(=O)cc(N2CCC[C@@H](C(N)=O)C2)n(Cc2cc(F)ccc2C#N)c1=O.Cn1c(=O)cc(N2CCC[C@@H](N)C2)n(Cc2cc(F)ccc2C#N)c1=O. The second-order valence-corrected chi connectivity index (χ2v) is 13.4. The molecule has 2 aliphatic heterocycles. The van der Waals surface area contributed by atoms with Gasteiger partial charge in [0.1, 0.15) is 23.3 Å². The number of rotatable bonds is 7. The fourth-order valence-electron chi connectivity index (χ4n) is 6.72. The minimum atomic E-state index is -0.586. The topological polar surface area (TPSA) is 211 Å². The number of nitrogens with two attached hydrogens (primary N) is 2. The highest BCUT2D eigenvalue weighted by atomic mass is 19.1. The molecule has 2 aliphatic rings. The van der Waals surface area contributed by atoms with Crippen LogP contribution >= 0.6 is 0 Å². The Morgan fingerprint density at radius 1 is 0.741 bits per heavy atom. The minimum Gasteiger partial charge on any atom is -0.369 e. The van der Waals surface area contributed by atoms with Crippen molar-refractivity contribution < 1.29 is 13.6 Å². The van der Waals surface area contributed by atoms with Gasteiger partial charge >= 0.3 is 11.4 Å². The van der Waals surface area contributed by atoms with Crippen LogP contribution in [0.1, 0.15) is 47.9 Å². The molecular formula is C37H40F2N10O5. The van der Waals surface area contributed by atoms with Crippen LogP contribution in [0.3, 0.4) is 0 Å². The van der Waals surface area contributed by atoms with E-state index < -0.39 is 40.0 Å². The van der Waals surface area contributed by atoms with Gasteiger partial charge in [0, 0.05) is 58.4 Å². The largest absolute Gasteiger partial charge is 0.369 e. The number of nitriles is 2. The van der Waals surface area contributed by atoms with Crippen LogP contribution < -0.4 is 43.8 Å². The number of carbonyl (C=O) groups excluding carboxylic acids is 1. The Morgan fingerprint density at radius 3 is 1.61 bits per heavy atom. The molecule has 15 nitrogen and oxygen atoms in total. The summed E-state index contributed by atoms with van der Waals surface area (Å²) in [4.78, 5) is 65.1. The molecular weight excluding hydrogens is 702 g/mol. The van der Waals surface area contributed by atoms with Crippen LogP contribution in [0.2, 0.25) is 0 Å². The van der Waals surface area contributed by atoms with E-state index in [4.69, 9.17) is 11.5 Å². The van der Waals surface area contributed by atoms with Crippen molar-refractivity contribution in [2.24, 2.45) is 31.5 Å². The number of piperidine rings is 2. The Kier molecular flexibility index (Phi) is 11.9. The Labute approximate surface area is 308 Å². The molecule has 0 spiro atoms. The third kappa shape index (κ3) is 8.48. The normalized spacial score (nSPS) is 16.9.